The molecule has 0 saturated carbocycles. The number of ether oxygens (including phenoxy) is 2. The summed E-state index contributed by atoms with van der Waals surface area (Å²) in [7, 11) is 1.74. The lowest BCUT2D eigenvalue weighted by atomic mass is 9.77. The predicted octanol–water partition coefficient (Wildman–Crippen LogP) is 5.09. The molecule has 2 aromatic carbocycles. The van der Waals surface area contributed by atoms with Crippen molar-refractivity contribution in [2.75, 3.05) is 19.0 Å². The molecule has 3 atom stereocenters. The van der Waals surface area contributed by atoms with Crippen LogP contribution in [0.3, 0.4) is 0 Å². The first-order valence-electron chi connectivity index (χ1n) is 8.08. The van der Waals surface area contributed by atoms with Gasteiger partial charge in [-0.2, -0.15) is 0 Å². The molecule has 4 heteroatoms. The highest BCUT2D eigenvalue weighted by atomic mass is 79.9. The van der Waals surface area contributed by atoms with Crippen LogP contribution >= 0.6 is 15.9 Å². The van der Waals surface area contributed by atoms with Crippen LogP contribution in [0.1, 0.15) is 36.1 Å². The monoisotopic (exact) mass is 373 g/mol. The van der Waals surface area contributed by atoms with E-state index < -0.39 is 0 Å². The molecule has 4 rings (SSSR count). The van der Waals surface area contributed by atoms with Gasteiger partial charge >= 0.3 is 0 Å². The molecule has 0 aromatic heterocycles. The molecule has 0 aliphatic carbocycles. The number of benzene rings is 2. The lowest BCUT2D eigenvalue weighted by Gasteiger charge is -2.43. The van der Waals surface area contributed by atoms with E-state index in [2.05, 4.69) is 51.6 Å². The second kappa shape index (κ2) is 6.17. The highest BCUT2D eigenvalue weighted by molar-refractivity contribution is 9.10. The number of halogens is 1. The summed E-state index contributed by atoms with van der Waals surface area (Å²) in [4.78, 5) is 0. The van der Waals surface area contributed by atoms with Gasteiger partial charge in [-0.25, -0.2) is 0 Å². The van der Waals surface area contributed by atoms with Crippen LogP contribution in [0.5, 0.6) is 5.75 Å². The van der Waals surface area contributed by atoms with Gasteiger partial charge in [0.25, 0.3) is 0 Å². The topological polar surface area (TPSA) is 30.5 Å². The number of fused-ring (bicyclic) bond motifs is 3. The fraction of sp³-hybridized carbons (Fsp3) is 0.368. The van der Waals surface area contributed by atoms with Crippen LogP contribution in [0.25, 0.3) is 0 Å². The van der Waals surface area contributed by atoms with Gasteiger partial charge in [0.15, 0.2) is 0 Å². The van der Waals surface area contributed by atoms with Crippen molar-refractivity contribution in [3.8, 4) is 5.75 Å². The Labute approximate surface area is 145 Å². The molecule has 0 radical (unpaired) electrons. The van der Waals surface area contributed by atoms with Crippen molar-refractivity contribution in [1.29, 1.82) is 0 Å². The zero-order valence-electron chi connectivity index (χ0n) is 13.1. The fourth-order valence-corrected chi connectivity index (χ4v) is 4.25. The molecule has 0 spiro atoms. The zero-order valence-corrected chi connectivity index (χ0v) is 14.7. The summed E-state index contributed by atoms with van der Waals surface area (Å²) in [6.45, 7) is 0.839. The standard InChI is InChI=1S/C19H20BrNO2/c1-22-17-7-3-2-5-13(17)18-14-6-4-10-23-19(14)15-11-12(20)8-9-16(15)21-18/h2-3,5,7-9,11,14,18-19,21H,4,6,10H2,1H3. The number of hydrogen-bond acceptors (Lipinski definition) is 3. The van der Waals surface area contributed by atoms with Crippen molar-refractivity contribution in [2.45, 2.75) is 25.0 Å². The Balaban J connectivity index is 1.80. The molecule has 3 nitrogen and oxygen atoms in total. The van der Waals surface area contributed by atoms with E-state index in [4.69, 9.17) is 9.47 Å². The molecule has 1 saturated heterocycles. The molecule has 23 heavy (non-hydrogen) atoms. The molecule has 2 aliphatic rings. The van der Waals surface area contributed by atoms with Gasteiger partial charge in [0.1, 0.15) is 5.75 Å². The van der Waals surface area contributed by atoms with E-state index in [-0.39, 0.29) is 12.1 Å². The first-order valence-corrected chi connectivity index (χ1v) is 8.88. The van der Waals surface area contributed by atoms with Crippen molar-refractivity contribution in [1.82, 2.24) is 0 Å². The largest absolute Gasteiger partial charge is 0.496 e. The first kappa shape index (κ1) is 15.0. The smallest absolute Gasteiger partial charge is 0.124 e. The molecule has 2 aromatic rings. The quantitative estimate of drug-likeness (QED) is 0.794. The lowest BCUT2D eigenvalue weighted by Crippen LogP contribution is -2.36. The molecular weight excluding hydrogens is 354 g/mol. The SMILES string of the molecule is COc1ccccc1C1Nc2ccc(Br)cc2C2OCCCC12. The molecule has 0 bridgehead atoms. The average molecular weight is 374 g/mol. The summed E-state index contributed by atoms with van der Waals surface area (Å²) in [5.74, 6) is 1.36. The van der Waals surface area contributed by atoms with Crippen molar-refractivity contribution in [3.05, 3.63) is 58.1 Å². The van der Waals surface area contributed by atoms with Gasteiger partial charge < -0.3 is 14.8 Å². The maximum atomic E-state index is 6.19. The van der Waals surface area contributed by atoms with Crippen molar-refractivity contribution in [3.63, 3.8) is 0 Å². The number of para-hydroxylation sites is 1. The van der Waals surface area contributed by atoms with Gasteiger partial charge in [0, 0.05) is 33.8 Å². The Morgan fingerprint density at radius 2 is 2.04 bits per heavy atom. The van der Waals surface area contributed by atoms with E-state index in [9.17, 15) is 0 Å². The maximum Gasteiger partial charge on any atom is 0.124 e. The summed E-state index contributed by atoms with van der Waals surface area (Å²) in [5, 5.41) is 3.73. The second-order valence-electron chi connectivity index (χ2n) is 6.19. The van der Waals surface area contributed by atoms with Crippen molar-refractivity contribution >= 4 is 21.6 Å². The lowest BCUT2D eigenvalue weighted by molar-refractivity contribution is -0.0383. The van der Waals surface area contributed by atoms with Crippen molar-refractivity contribution in [2.24, 2.45) is 5.92 Å². The van der Waals surface area contributed by atoms with E-state index in [0.717, 1.165) is 35.4 Å². The fourth-order valence-electron chi connectivity index (χ4n) is 3.87. The predicted molar refractivity (Wildman–Crippen MR) is 94.9 cm³/mol. The third-order valence-electron chi connectivity index (χ3n) is 4.90. The van der Waals surface area contributed by atoms with E-state index in [1.54, 1.807) is 7.11 Å². The van der Waals surface area contributed by atoms with E-state index in [1.165, 1.54) is 11.1 Å². The zero-order chi connectivity index (χ0) is 15.8. The highest BCUT2D eigenvalue weighted by Crippen LogP contribution is 2.50. The van der Waals surface area contributed by atoms with Gasteiger partial charge in [0.05, 0.1) is 19.3 Å². The Bertz CT molecular complexity index is 718. The van der Waals surface area contributed by atoms with Crippen LogP contribution in [-0.2, 0) is 4.74 Å². The molecule has 2 heterocycles. The van der Waals surface area contributed by atoms with E-state index in [0.29, 0.717) is 5.92 Å². The maximum absolute atomic E-state index is 6.19. The number of rotatable bonds is 2. The van der Waals surface area contributed by atoms with Gasteiger partial charge in [-0.3, -0.25) is 0 Å². The summed E-state index contributed by atoms with van der Waals surface area (Å²) >= 11 is 3.59. The second-order valence-corrected chi connectivity index (χ2v) is 7.11. The van der Waals surface area contributed by atoms with E-state index in [1.807, 2.05) is 12.1 Å². The number of anilines is 1. The minimum atomic E-state index is 0.146. The van der Waals surface area contributed by atoms with Crippen LogP contribution in [0.15, 0.2) is 46.9 Å². The van der Waals surface area contributed by atoms with Crippen LogP contribution in [0, 0.1) is 5.92 Å². The molecule has 3 unspecified atom stereocenters. The van der Waals surface area contributed by atoms with Crippen LogP contribution in [-0.4, -0.2) is 13.7 Å². The number of nitrogens with one attached hydrogen (secondary N) is 1. The Morgan fingerprint density at radius 3 is 2.91 bits per heavy atom. The van der Waals surface area contributed by atoms with Crippen molar-refractivity contribution < 1.29 is 9.47 Å². The molecular formula is C19H20BrNO2. The van der Waals surface area contributed by atoms with Crippen LogP contribution in [0.2, 0.25) is 0 Å². The minimum absolute atomic E-state index is 0.146. The summed E-state index contributed by atoms with van der Waals surface area (Å²) in [6, 6.07) is 14.9. The summed E-state index contributed by atoms with van der Waals surface area (Å²) < 4.78 is 12.9. The van der Waals surface area contributed by atoms with Gasteiger partial charge in [0.2, 0.25) is 0 Å². The Kier molecular flexibility index (Phi) is 4.04. The molecule has 0 amide bonds. The average Bonchev–Trinajstić information content (AvgIpc) is 2.61. The Hall–Kier alpha value is -1.52. The van der Waals surface area contributed by atoms with Gasteiger partial charge in [-0.05, 0) is 37.1 Å². The van der Waals surface area contributed by atoms with Gasteiger partial charge in [-0.15, -0.1) is 0 Å². The molecule has 1 fully saturated rings. The summed E-state index contributed by atoms with van der Waals surface area (Å²) in [6.07, 6.45) is 2.41. The van der Waals surface area contributed by atoms with E-state index >= 15 is 0 Å². The third kappa shape index (κ3) is 2.64. The molecule has 1 N–H and O–H groups in total. The first-order chi connectivity index (χ1) is 11.3. The number of methoxy groups -OCH3 is 1. The molecule has 120 valence electrons. The van der Waals surface area contributed by atoms with Crippen LogP contribution < -0.4 is 10.1 Å². The van der Waals surface area contributed by atoms with Gasteiger partial charge in [-0.1, -0.05) is 34.1 Å². The highest BCUT2D eigenvalue weighted by Gasteiger charge is 2.40. The molecule has 2 aliphatic heterocycles. The minimum Gasteiger partial charge on any atom is -0.496 e. The number of hydrogen-bond donors (Lipinski definition) is 1. The normalized spacial score (nSPS) is 25.9. The Morgan fingerprint density at radius 1 is 1.17 bits per heavy atom. The third-order valence-corrected chi connectivity index (χ3v) is 5.39. The summed E-state index contributed by atoms with van der Waals surface area (Å²) in [5.41, 5.74) is 3.63. The van der Waals surface area contributed by atoms with Crippen LogP contribution in [0.4, 0.5) is 5.69 Å².